The molecular weight excluding hydrogens is 368 g/mol. The molecule has 2 aromatic heterocycles. The van der Waals surface area contributed by atoms with Crippen molar-refractivity contribution in [2.75, 3.05) is 25.0 Å². The first-order valence-corrected chi connectivity index (χ1v) is 10.7. The van der Waals surface area contributed by atoms with Crippen LogP contribution in [0.2, 0.25) is 0 Å². The molecule has 1 saturated heterocycles. The number of hydrogen-bond donors (Lipinski definition) is 1. The summed E-state index contributed by atoms with van der Waals surface area (Å²) in [6.45, 7) is 2.37. The number of piperidine rings is 1. The molecule has 3 heterocycles. The first-order valence-electron chi connectivity index (χ1n) is 9.79. The van der Waals surface area contributed by atoms with Gasteiger partial charge in [0.2, 0.25) is 0 Å². The van der Waals surface area contributed by atoms with Crippen LogP contribution in [-0.4, -0.2) is 40.4 Å². The Balaban J connectivity index is 1.38. The summed E-state index contributed by atoms with van der Waals surface area (Å²) in [6.07, 6.45) is 5.90. The number of nitrogens with zero attached hydrogens (tertiary/aromatic N) is 3. The number of likely N-dealkylation sites (tertiary alicyclic amines) is 1. The fourth-order valence-electron chi connectivity index (χ4n) is 3.43. The molecule has 0 unspecified atom stereocenters. The van der Waals surface area contributed by atoms with E-state index in [1.54, 1.807) is 17.5 Å². The highest BCUT2D eigenvalue weighted by molar-refractivity contribution is 7.13. The van der Waals surface area contributed by atoms with Crippen molar-refractivity contribution >= 4 is 23.1 Å². The Labute approximate surface area is 169 Å². The summed E-state index contributed by atoms with van der Waals surface area (Å²) in [5.74, 6) is 0.743. The smallest absolute Gasteiger partial charge is 0.257 e. The van der Waals surface area contributed by atoms with Gasteiger partial charge in [-0.1, -0.05) is 30.3 Å². The molecule has 1 aromatic carbocycles. The van der Waals surface area contributed by atoms with Crippen molar-refractivity contribution in [2.24, 2.45) is 0 Å². The molecule has 28 heavy (non-hydrogen) atoms. The number of anilines is 1. The van der Waals surface area contributed by atoms with Crippen molar-refractivity contribution in [2.45, 2.75) is 25.7 Å². The largest absolute Gasteiger partial charge is 0.369 e. The van der Waals surface area contributed by atoms with E-state index in [9.17, 15) is 4.79 Å². The molecular formula is C22H24N4OS. The number of benzene rings is 1. The zero-order valence-electron chi connectivity index (χ0n) is 15.8. The SMILES string of the molecule is O=C(c1cccnc1NCCc1csc(-c2ccccc2)n1)N1CCCCC1. The Morgan fingerprint density at radius 2 is 1.89 bits per heavy atom. The number of hydrogen-bond acceptors (Lipinski definition) is 5. The first kappa shape index (κ1) is 18.6. The summed E-state index contributed by atoms with van der Waals surface area (Å²) < 4.78 is 0. The van der Waals surface area contributed by atoms with E-state index in [2.05, 4.69) is 27.8 Å². The van der Waals surface area contributed by atoms with Gasteiger partial charge in [0.1, 0.15) is 10.8 Å². The van der Waals surface area contributed by atoms with Crippen LogP contribution in [0.3, 0.4) is 0 Å². The number of aromatic nitrogens is 2. The lowest BCUT2D eigenvalue weighted by atomic mass is 10.1. The third kappa shape index (κ3) is 4.39. The summed E-state index contributed by atoms with van der Waals surface area (Å²) in [5.41, 5.74) is 2.86. The van der Waals surface area contributed by atoms with Crippen LogP contribution in [0, 0.1) is 0 Å². The molecule has 1 N–H and O–H groups in total. The van der Waals surface area contributed by atoms with Crippen LogP contribution in [0.25, 0.3) is 10.6 Å². The van der Waals surface area contributed by atoms with Gasteiger partial charge in [-0.25, -0.2) is 9.97 Å². The van der Waals surface area contributed by atoms with Gasteiger partial charge in [0, 0.05) is 43.2 Å². The van der Waals surface area contributed by atoms with Gasteiger partial charge in [0.05, 0.1) is 11.3 Å². The van der Waals surface area contributed by atoms with E-state index in [1.807, 2.05) is 35.2 Å². The van der Waals surface area contributed by atoms with Crippen LogP contribution >= 0.6 is 11.3 Å². The van der Waals surface area contributed by atoms with E-state index in [0.29, 0.717) is 17.9 Å². The summed E-state index contributed by atoms with van der Waals surface area (Å²) >= 11 is 1.66. The average Bonchev–Trinajstić information content (AvgIpc) is 3.24. The number of nitrogens with one attached hydrogen (secondary N) is 1. The van der Waals surface area contributed by atoms with Crippen molar-refractivity contribution in [1.82, 2.24) is 14.9 Å². The van der Waals surface area contributed by atoms with Crippen LogP contribution in [0.5, 0.6) is 0 Å². The van der Waals surface area contributed by atoms with Crippen molar-refractivity contribution in [3.63, 3.8) is 0 Å². The molecule has 5 nitrogen and oxygen atoms in total. The predicted octanol–water partition coefficient (Wildman–Crippen LogP) is 4.49. The second kappa shape index (κ2) is 8.97. The monoisotopic (exact) mass is 392 g/mol. The standard InChI is InChI=1S/C22H24N4OS/c27-22(26-14-5-2-6-15-26)19-10-7-12-23-20(19)24-13-11-18-16-28-21(25-18)17-8-3-1-4-9-17/h1,3-4,7-10,12,16H,2,5-6,11,13-15H2,(H,23,24). The highest BCUT2D eigenvalue weighted by atomic mass is 32.1. The van der Waals surface area contributed by atoms with Gasteiger partial charge in [-0.3, -0.25) is 4.79 Å². The Hall–Kier alpha value is -2.73. The lowest BCUT2D eigenvalue weighted by Crippen LogP contribution is -2.36. The third-order valence-corrected chi connectivity index (χ3v) is 5.87. The molecule has 3 aromatic rings. The number of carbonyl (C=O) groups excluding carboxylic acids is 1. The summed E-state index contributed by atoms with van der Waals surface area (Å²) in [5, 5.41) is 6.47. The van der Waals surface area contributed by atoms with Crippen molar-refractivity contribution in [1.29, 1.82) is 0 Å². The molecule has 0 spiro atoms. The minimum atomic E-state index is 0.0790. The Kier molecular flexibility index (Phi) is 5.97. The van der Waals surface area contributed by atoms with Crippen LogP contribution < -0.4 is 5.32 Å². The highest BCUT2D eigenvalue weighted by Crippen LogP contribution is 2.23. The number of rotatable bonds is 6. The van der Waals surface area contributed by atoms with E-state index >= 15 is 0 Å². The van der Waals surface area contributed by atoms with E-state index in [0.717, 1.165) is 48.6 Å². The fourth-order valence-corrected chi connectivity index (χ4v) is 4.29. The lowest BCUT2D eigenvalue weighted by Gasteiger charge is -2.27. The van der Waals surface area contributed by atoms with Gasteiger partial charge >= 0.3 is 0 Å². The molecule has 6 heteroatoms. The normalized spacial score (nSPS) is 14.1. The molecule has 0 saturated carbocycles. The highest BCUT2D eigenvalue weighted by Gasteiger charge is 2.21. The summed E-state index contributed by atoms with van der Waals surface area (Å²) in [4.78, 5) is 23.9. The zero-order valence-corrected chi connectivity index (χ0v) is 16.6. The molecule has 4 rings (SSSR count). The van der Waals surface area contributed by atoms with E-state index in [1.165, 1.54) is 6.42 Å². The maximum Gasteiger partial charge on any atom is 0.257 e. The van der Waals surface area contributed by atoms with Gasteiger partial charge in [-0.15, -0.1) is 11.3 Å². The Morgan fingerprint density at radius 3 is 2.71 bits per heavy atom. The number of amides is 1. The molecule has 1 amide bonds. The quantitative estimate of drug-likeness (QED) is 0.672. The zero-order chi connectivity index (χ0) is 19.2. The fraction of sp³-hybridized carbons (Fsp3) is 0.318. The molecule has 144 valence electrons. The van der Waals surface area contributed by atoms with Crippen molar-refractivity contribution in [3.05, 3.63) is 65.3 Å². The topological polar surface area (TPSA) is 58.1 Å². The number of carbonyl (C=O) groups is 1. The second-order valence-electron chi connectivity index (χ2n) is 6.94. The van der Waals surface area contributed by atoms with Crippen LogP contribution in [0.1, 0.15) is 35.3 Å². The lowest BCUT2D eigenvalue weighted by molar-refractivity contribution is 0.0725. The third-order valence-electron chi connectivity index (χ3n) is 4.93. The molecule has 0 aliphatic carbocycles. The average molecular weight is 393 g/mol. The van der Waals surface area contributed by atoms with E-state index in [4.69, 9.17) is 4.98 Å². The number of thiazole rings is 1. The van der Waals surface area contributed by atoms with Crippen LogP contribution in [-0.2, 0) is 6.42 Å². The molecule has 1 fully saturated rings. The van der Waals surface area contributed by atoms with E-state index < -0.39 is 0 Å². The molecule has 1 aliphatic heterocycles. The van der Waals surface area contributed by atoms with Gasteiger partial charge in [-0.2, -0.15) is 0 Å². The Bertz CT molecular complexity index is 919. The second-order valence-corrected chi connectivity index (χ2v) is 7.80. The van der Waals surface area contributed by atoms with Crippen LogP contribution in [0.4, 0.5) is 5.82 Å². The summed E-state index contributed by atoms with van der Waals surface area (Å²) in [6, 6.07) is 13.9. The Morgan fingerprint density at radius 1 is 1.07 bits per heavy atom. The van der Waals surface area contributed by atoms with Gasteiger partial charge in [-0.05, 0) is 31.4 Å². The van der Waals surface area contributed by atoms with Crippen molar-refractivity contribution < 1.29 is 4.79 Å². The minimum Gasteiger partial charge on any atom is -0.369 e. The molecule has 1 aliphatic rings. The van der Waals surface area contributed by atoms with Gasteiger partial charge in [0.15, 0.2) is 0 Å². The van der Waals surface area contributed by atoms with Crippen molar-refractivity contribution in [3.8, 4) is 10.6 Å². The molecule has 0 atom stereocenters. The number of pyridine rings is 1. The first-order chi connectivity index (χ1) is 13.8. The predicted molar refractivity (Wildman–Crippen MR) is 114 cm³/mol. The molecule has 0 radical (unpaired) electrons. The van der Waals surface area contributed by atoms with E-state index in [-0.39, 0.29) is 5.91 Å². The van der Waals surface area contributed by atoms with Gasteiger partial charge < -0.3 is 10.2 Å². The summed E-state index contributed by atoms with van der Waals surface area (Å²) in [7, 11) is 0. The van der Waals surface area contributed by atoms with Crippen LogP contribution in [0.15, 0.2) is 54.0 Å². The minimum absolute atomic E-state index is 0.0790. The van der Waals surface area contributed by atoms with Gasteiger partial charge in [0.25, 0.3) is 5.91 Å². The molecule has 0 bridgehead atoms. The maximum atomic E-state index is 12.8. The maximum absolute atomic E-state index is 12.8.